The summed E-state index contributed by atoms with van der Waals surface area (Å²) in [5.74, 6) is 0.0105. The summed E-state index contributed by atoms with van der Waals surface area (Å²) >= 11 is 2.19. The van der Waals surface area contributed by atoms with Gasteiger partial charge in [0.1, 0.15) is 6.61 Å². The number of nitrogens with one attached hydrogen (secondary N) is 1. The Bertz CT molecular complexity index is 1100. The molecule has 3 N–H and O–H groups in total. The van der Waals surface area contributed by atoms with Gasteiger partial charge < -0.3 is 20.1 Å². The van der Waals surface area contributed by atoms with Crippen molar-refractivity contribution in [1.82, 2.24) is 5.32 Å². The topological polar surface area (TPSA) is 78.8 Å². The summed E-state index contributed by atoms with van der Waals surface area (Å²) in [4.78, 5) is 12.4. The van der Waals surface area contributed by atoms with Gasteiger partial charge >= 0.3 is 13.2 Å². The maximum absolute atomic E-state index is 12.4. The van der Waals surface area contributed by atoms with Crippen LogP contribution in [0.4, 0.5) is 4.79 Å². The van der Waals surface area contributed by atoms with Crippen LogP contribution in [-0.4, -0.2) is 29.9 Å². The SMILES string of the molecule is Cc1c(CNC(=O)OCC2c3ccccc3-c3ccccc32)cc(B(O)O)c(C)c1I. The third-order valence-electron chi connectivity index (χ3n) is 5.95. The zero-order chi connectivity index (χ0) is 22.1. The van der Waals surface area contributed by atoms with Crippen molar-refractivity contribution in [2.45, 2.75) is 26.3 Å². The van der Waals surface area contributed by atoms with Gasteiger partial charge in [-0.15, -0.1) is 0 Å². The number of hydrogen-bond donors (Lipinski definition) is 3. The van der Waals surface area contributed by atoms with E-state index in [4.69, 9.17) is 4.74 Å². The molecule has 0 saturated heterocycles. The first-order valence-corrected chi connectivity index (χ1v) is 11.2. The maximum Gasteiger partial charge on any atom is 0.488 e. The molecule has 1 aliphatic rings. The number of hydrogen-bond acceptors (Lipinski definition) is 4. The number of benzene rings is 3. The molecule has 3 aromatic carbocycles. The van der Waals surface area contributed by atoms with Gasteiger partial charge in [-0.2, -0.15) is 0 Å². The highest BCUT2D eigenvalue weighted by molar-refractivity contribution is 14.1. The van der Waals surface area contributed by atoms with Crippen LogP contribution in [0.1, 0.15) is 33.7 Å². The van der Waals surface area contributed by atoms with Gasteiger partial charge in [-0.1, -0.05) is 54.6 Å². The molecule has 0 unspecified atom stereocenters. The molecule has 0 heterocycles. The molecule has 0 atom stereocenters. The largest absolute Gasteiger partial charge is 0.488 e. The summed E-state index contributed by atoms with van der Waals surface area (Å²) in [6, 6.07) is 18.1. The lowest BCUT2D eigenvalue weighted by Crippen LogP contribution is -2.34. The lowest BCUT2D eigenvalue weighted by Gasteiger charge is -2.17. The maximum atomic E-state index is 12.4. The molecule has 3 aromatic rings. The number of carbonyl (C=O) groups excluding carboxylic acids is 1. The first-order chi connectivity index (χ1) is 14.9. The summed E-state index contributed by atoms with van der Waals surface area (Å²) in [7, 11) is -1.55. The Balaban J connectivity index is 1.44. The van der Waals surface area contributed by atoms with E-state index in [-0.39, 0.29) is 19.1 Å². The van der Waals surface area contributed by atoms with Gasteiger partial charge in [0, 0.05) is 16.0 Å². The van der Waals surface area contributed by atoms with Crippen LogP contribution in [0.5, 0.6) is 0 Å². The standard InChI is InChI=1S/C24H23BINO4/c1-14-16(11-22(25(29)30)15(2)23(14)26)12-27-24(28)31-13-21-19-9-5-3-7-17(19)18-8-4-6-10-20(18)21/h3-11,21,29-30H,12-13H2,1-2H3,(H,27,28). The fourth-order valence-corrected chi connectivity index (χ4v) is 4.88. The summed E-state index contributed by atoms with van der Waals surface area (Å²) < 4.78 is 6.53. The zero-order valence-corrected chi connectivity index (χ0v) is 19.5. The first kappa shape index (κ1) is 21.9. The van der Waals surface area contributed by atoms with Crippen LogP contribution in [0.15, 0.2) is 54.6 Å². The third kappa shape index (κ3) is 4.22. The first-order valence-electron chi connectivity index (χ1n) is 10.1. The van der Waals surface area contributed by atoms with E-state index in [1.165, 1.54) is 22.3 Å². The van der Waals surface area contributed by atoms with E-state index in [0.29, 0.717) is 5.46 Å². The summed E-state index contributed by atoms with van der Waals surface area (Å²) in [5.41, 5.74) is 7.81. The Morgan fingerprint density at radius 2 is 1.61 bits per heavy atom. The van der Waals surface area contributed by atoms with E-state index in [1.54, 1.807) is 6.07 Å². The fraction of sp³-hybridized carbons (Fsp3) is 0.208. The monoisotopic (exact) mass is 527 g/mol. The molecular formula is C24H23BINO4. The van der Waals surface area contributed by atoms with E-state index < -0.39 is 13.2 Å². The number of carbonyl (C=O) groups is 1. The minimum atomic E-state index is -1.55. The average Bonchev–Trinajstić information content (AvgIpc) is 3.09. The number of fused-ring (bicyclic) bond motifs is 3. The van der Waals surface area contributed by atoms with Crippen LogP contribution in [0.25, 0.3) is 11.1 Å². The number of ether oxygens (including phenoxy) is 1. The van der Waals surface area contributed by atoms with E-state index in [0.717, 1.165) is 20.3 Å². The van der Waals surface area contributed by atoms with Gasteiger partial charge in [-0.05, 0) is 80.8 Å². The molecule has 1 aliphatic carbocycles. The predicted octanol–water partition coefficient (Wildman–Crippen LogP) is 3.63. The van der Waals surface area contributed by atoms with Crippen molar-refractivity contribution >= 4 is 41.3 Å². The van der Waals surface area contributed by atoms with Crippen molar-refractivity contribution in [1.29, 1.82) is 0 Å². The van der Waals surface area contributed by atoms with Gasteiger partial charge in [0.15, 0.2) is 0 Å². The van der Waals surface area contributed by atoms with Crippen LogP contribution in [0.3, 0.4) is 0 Å². The molecule has 1 amide bonds. The summed E-state index contributed by atoms with van der Waals surface area (Å²) in [6.45, 7) is 4.31. The quantitative estimate of drug-likeness (QED) is 0.350. The van der Waals surface area contributed by atoms with Crippen LogP contribution >= 0.6 is 22.6 Å². The minimum Gasteiger partial charge on any atom is -0.449 e. The molecule has 4 rings (SSSR count). The zero-order valence-electron chi connectivity index (χ0n) is 17.4. The molecule has 0 fully saturated rings. The Labute approximate surface area is 195 Å². The van der Waals surface area contributed by atoms with Crippen LogP contribution < -0.4 is 10.8 Å². The van der Waals surface area contributed by atoms with Crippen molar-refractivity contribution in [3.8, 4) is 11.1 Å². The van der Waals surface area contributed by atoms with E-state index in [2.05, 4.69) is 52.2 Å². The highest BCUT2D eigenvalue weighted by Crippen LogP contribution is 2.44. The smallest absolute Gasteiger partial charge is 0.449 e. The van der Waals surface area contributed by atoms with Gasteiger partial charge in [0.25, 0.3) is 0 Å². The molecule has 5 nitrogen and oxygen atoms in total. The average molecular weight is 527 g/mol. The Hall–Kier alpha value is -2.36. The Morgan fingerprint density at radius 3 is 2.19 bits per heavy atom. The molecule has 158 valence electrons. The van der Waals surface area contributed by atoms with Crippen molar-refractivity contribution in [3.63, 3.8) is 0 Å². The highest BCUT2D eigenvalue weighted by Gasteiger charge is 2.29. The predicted molar refractivity (Wildman–Crippen MR) is 130 cm³/mol. The molecule has 0 aliphatic heterocycles. The lowest BCUT2D eigenvalue weighted by atomic mass is 9.76. The van der Waals surface area contributed by atoms with E-state index >= 15 is 0 Å². The lowest BCUT2D eigenvalue weighted by molar-refractivity contribution is 0.142. The Kier molecular flexibility index (Phi) is 6.36. The van der Waals surface area contributed by atoms with Gasteiger partial charge in [-0.25, -0.2) is 4.79 Å². The van der Waals surface area contributed by atoms with Crippen LogP contribution in [0, 0.1) is 17.4 Å². The second-order valence-electron chi connectivity index (χ2n) is 7.74. The number of amides is 1. The van der Waals surface area contributed by atoms with Crippen molar-refractivity contribution in [2.24, 2.45) is 0 Å². The second-order valence-corrected chi connectivity index (χ2v) is 8.82. The summed E-state index contributed by atoms with van der Waals surface area (Å²) in [6.07, 6.45) is -0.497. The normalized spacial score (nSPS) is 12.3. The van der Waals surface area contributed by atoms with Crippen LogP contribution in [-0.2, 0) is 11.3 Å². The van der Waals surface area contributed by atoms with Crippen molar-refractivity contribution in [2.75, 3.05) is 6.61 Å². The van der Waals surface area contributed by atoms with E-state index in [9.17, 15) is 14.8 Å². The molecule has 0 aromatic heterocycles. The van der Waals surface area contributed by atoms with E-state index in [1.807, 2.05) is 38.1 Å². The molecule has 7 heteroatoms. The van der Waals surface area contributed by atoms with Crippen molar-refractivity contribution < 1.29 is 19.6 Å². The van der Waals surface area contributed by atoms with Crippen molar-refractivity contribution in [3.05, 3.63) is 86.0 Å². The van der Waals surface area contributed by atoms with Gasteiger partial charge in [0.2, 0.25) is 0 Å². The Morgan fingerprint density at radius 1 is 1.03 bits per heavy atom. The number of alkyl carbamates (subject to hydrolysis) is 1. The molecule has 31 heavy (non-hydrogen) atoms. The summed E-state index contributed by atoms with van der Waals surface area (Å²) in [5, 5.41) is 22.1. The number of halogens is 1. The fourth-order valence-electron chi connectivity index (χ4n) is 4.22. The molecule has 0 bridgehead atoms. The highest BCUT2D eigenvalue weighted by atomic mass is 127. The molecule has 0 saturated carbocycles. The molecular weight excluding hydrogens is 504 g/mol. The molecule has 0 spiro atoms. The minimum absolute atomic E-state index is 0.0105. The third-order valence-corrected chi connectivity index (χ3v) is 7.57. The molecule has 0 radical (unpaired) electrons. The van der Waals surface area contributed by atoms with Gasteiger partial charge in [0.05, 0.1) is 0 Å². The van der Waals surface area contributed by atoms with Gasteiger partial charge in [-0.3, -0.25) is 0 Å². The second kappa shape index (κ2) is 9.02. The van der Waals surface area contributed by atoms with Crippen LogP contribution in [0.2, 0.25) is 0 Å². The number of rotatable bonds is 5.